The Morgan fingerprint density at radius 2 is 1.69 bits per heavy atom. The number of carbonyl (C=O) groups excluding carboxylic acids is 2. The fourth-order valence-electron chi connectivity index (χ4n) is 3.76. The number of non-ortho nitro benzene ring substituents is 1. The second-order valence-corrected chi connectivity index (χ2v) is 7.40. The van der Waals surface area contributed by atoms with Crippen LogP contribution in [0.2, 0.25) is 0 Å². The lowest BCUT2D eigenvalue weighted by atomic mass is 9.93. The van der Waals surface area contributed by atoms with Gasteiger partial charge in [0.2, 0.25) is 5.91 Å². The normalized spacial score (nSPS) is 21.5. The van der Waals surface area contributed by atoms with Crippen molar-refractivity contribution in [2.75, 3.05) is 26.2 Å². The molecule has 2 amide bonds. The number of piperidine rings is 2. The summed E-state index contributed by atoms with van der Waals surface area (Å²) in [6.07, 6.45) is 3.71. The topological polar surface area (TPSA) is 83.8 Å². The van der Waals surface area contributed by atoms with Crippen LogP contribution in [0.3, 0.4) is 0 Å². The van der Waals surface area contributed by atoms with E-state index in [0.717, 1.165) is 38.8 Å². The summed E-state index contributed by atoms with van der Waals surface area (Å²) in [5.74, 6) is 0.535. The Labute approximate surface area is 153 Å². The zero-order valence-electron chi connectivity index (χ0n) is 15.1. The summed E-state index contributed by atoms with van der Waals surface area (Å²) in [7, 11) is 0. The third kappa shape index (κ3) is 4.03. The standard InChI is InChI=1S/C19H25N3O4/c1-14-8-11-20(12-9-14)19(24)16-3-2-10-21(13-16)18(23)15-4-6-17(7-5-15)22(25)26/h4-7,14,16H,2-3,8-13H2,1H3/t16-/m0/s1. The summed E-state index contributed by atoms with van der Waals surface area (Å²) in [5, 5.41) is 10.7. The third-order valence-electron chi connectivity index (χ3n) is 5.48. The van der Waals surface area contributed by atoms with E-state index in [9.17, 15) is 19.7 Å². The van der Waals surface area contributed by atoms with Crippen molar-refractivity contribution in [2.45, 2.75) is 32.6 Å². The third-order valence-corrected chi connectivity index (χ3v) is 5.48. The second-order valence-electron chi connectivity index (χ2n) is 7.40. The van der Waals surface area contributed by atoms with E-state index in [1.54, 1.807) is 4.90 Å². The summed E-state index contributed by atoms with van der Waals surface area (Å²) in [6.45, 7) is 4.89. The van der Waals surface area contributed by atoms with Gasteiger partial charge in [0.05, 0.1) is 10.8 Å². The van der Waals surface area contributed by atoms with Crippen LogP contribution in [0.25, 0.3) is 0 Å². The van der Waals surface area contributed by atoms with Crippen molar-refractivity contribution in [2.24, 2.45) is 11.8 Å². The minimum absolute atomic E-state index is 0.0347. The Morgan fingerprint density at radius 1 is 1.04 bits per heavy atom. The van der Waals surface area contributed by atoms with Gasteiger partial charge in [-0.3, -0.25) is 19.7 Å². The monoisotopic (exact) mass is 359 g/mol. The molecule has 1 atom stereocenters. The molecule has 0 aliphatic carbocycles. The van der Waals surface area contributed by atoms with Gasteiger partial charge in [-0.05, 0) is 43.7 Å². The van der Waals surface area contributed by atoms with Crippen LogP contribution < -0.4 is 0 Å². The molecule has 7 heteroatoms. The second kappa shape index (κ2) is 7.85. The van der Waals surface area contributed by atoms with Crippen molar-refractivity contribution < 1.29 is 14.5 Å². The van der Waals surface area contributed by atoms with E-state index in [2.05, 4.69) is 6.92 Å². The van der Waals surface area contributed by atoms with E-state index < -0.39 is 4.92 Å². The predicted octanol–water partition coefficient (Wildman–Crippen LogP) is 2.71. The molecule has 2 aliphatic rings. The summed E-state index contributed by atoms with van der Waals surface area (Å²) >= 11 is 0. The maximum atomic E-state index is 12.8. The summed E-state index contributed by atoms with van der Waals surface area (Å²) in [5.41, 5.74) is 0.392. The number of nitrogens with zero attached hydrogens (tertiary/aromatic N) is 3. The molecule has 0 bridgehead atoms. The molecule has 1 aromatic rings. The average Bonchev–Trinajstić information content (AvgIpc) is 2.67. The minimum atomic E-state index is -0.483. The van der Waals surface area contributed by atoms with Crippen LogP contribution in [0.1, 0.15) is 43.0 Å². The number of likely N-dealkylation sites (tertiary alicyclic amines) is 2. The number of nitro benzene ring substituents is 1. The largest absolute Gasteiger partial charge is 0.342 e. The number of nitro groups is 1. The first kappa shape index (κ1) is 18.4. The van der Waals surface area contributed by atoms with E-state index in [1.807, 2.05) is 4.90 Å². The maximum Gasteiger partial charge on any atom is 0.269 e. The molecule has 0 N–H and O–H groups in total. The Hall–Kier alpha value is -2.44. The quantitative estimate of drug-likeness (QED) is 0.613. The Morgan fingerprint density at radius 3 is 2.31 bits per heavy atom. The lowest BCUT2D eigenvalue weighted by Gasteiger charge is -2.37. The number of carbonyl (C=O) groups is 2. The highest BCUT2D eigenvalue weighted by Gasteiger charge is 2.32. The lowest BCUT2D eigenvalue weighted by molar-refractivity contribution is -0.384. The molecule has 0 aromatic heterocycles. The molecular weight excluding hydrogens is 334 g/mol. The molecule has 0 spiro atoms. The van der Waals surface area contributed by atoms with Gasteiger partial charge in [0.25, 0.3) is 11.6 Å². The molecule has 2 heterocycles. The van der Waals surface area contributed by atoms with Crippen molar-refractivity contribution >= 4 is 17.5 Å². The zero-order chi connectivity index (χ0) is 18.7. The van der Waals surface area contributed by atoms with E-state index >= 15 is 0 Å². The average molecular weight is 359 g/mol. The fraction of sp³-hybridized carbons (Fsp3) is 0.579. The summed E-state index contributed by atoms with van der Waals surface area (Å²) < 4.78 is 0. The Bertz CT molecular complexity index is 681. The van der Waals surface area contributed by atoms with Crippen LogP contribution >= 0.6 is 0 Å². The van der Waals surface area contributed by atoms with Crippen LogP contribution in [-0.4, -0.2) is 52.7 Å². The molecule has 0 saturated carbocycles. The number of rotatable bonds is 3. The number of hydrogen-bond acceptors (Lipinski definition) is 4. The fourth-order valence-corrected chi connectivity index (χ4v) is 3.76. The molecule has 140 valence electrons. The summed E-state index contributed by atoms with van der Waals surface area (Å²) in [6, 6.07) is 5.65. The summed E-state index contributed by atoms with van der Waals surface area (Å²) in [4.78, 5) is 39.4. The molecule has 3 rings (SSSR count). The van der Waals surface area contributed by atoms with Crippen molar-refractivity contribution in [1.82, 2.24) is 9.80 Å². The van der Waals surface area contributed by atoms with Gasteiger partial charge in [0, 0.05) is 43.9 Å². The predicted molar refractivity (Wildman–Crippen MR) is 96.7 cm³/mol. The van der Waals surface area contributed by atoms with E-state index in [4.69, 9.17) is 0 Å². The van der Waals surface area contributed by atoms with Crippen molar-refractivity contribution in [3.05, 3.63) is 39.9 Å². The lowest BCUT2D eigenvalue weighted by Crippen LogP contribution is -2.48. The van der Waals surface area contributed by atoms with Gasteiger partial charge in [-0.1, -0.05) is 6.92 Å². The van der Waals surface area contributed by atoms with Gasteiger partial charge in [-0.25, -0.2) is 0 Å². The Balaban J connectivity index is 1.63. The molecule has 1 aromatic carbocycles. The van der Waals surface area contributed by atoms with Gasteiger partial charge in [0.1, 0.15) is 0 Å². The van der Waals surface area contributed by atoms with Crippen LogP contribution in [0, 0.1) is 22.0 Å². The highest BCUT2D eigenvalue weighted by Crippen LogP contribution is 2.24. The zero-order valence-corrected chi connectivity index (χ0v) is 15.1. The van der Waals surface area contributed by atoms with Gasteiger partial charge < -0.3 is 9.80 Å². The SMILES string of the molecule is CC1CCN(C(=O)[C@H]2CCCN(C(=O)c3ccc([N+](=O)[O-])cc3)C2)CC1. The van der Waals surface area contributed by atoms with Crippen molar-refractivity contribution in [3.63, 3.8) is 0 Å². The van der Waals surface area contributed by atoms with Crippen LogP contribution in [-0.2, 0) is 4.79 Å². The number of amides is 2. The Kier molecular flexibility index (Phi) is 5.54. The van der Waals surface area contributed by atoms with Crippen LogP contribution in [0.15, 0.2) is 24.3 Å². The molecule has 26 heavy (non-hydrogen) atoms. The maximum absolute atomic E-state index is 12.8. The van der Waals surface area contributed by atoms with Crippen LogP contribution in [0.4, 0.5) is 5.69 Å². The smallest absolute Gasteiger partial charge is 0.269 e. The first-order valence-electron chi connectivity index (χ1n) is 9.28. The van der Waals surface area contributed by atoms with Gasteiger partial charge >= 0.3 is 0 Å². The molecule has 7 nitrogen and oxygen atoms in total. The van der Waals surface area contributed by atoms with E-state index in [-0.39, 0.29) is 23.4 Å². The molecular formula is C19H25N3O4. The number of benzene rings is 1. The minimum Gasteiger partial charge on any atom is -0.342 e. The van der Waals surface area contributed by atoms with Gasteiger partial charge in [-0.15, -0.1) is 0 Å². The first-order valence-corrected chi connectivity index (χ1v) is 9.28. The molecule has 0 unspecified atom stereocenters. The van der Waals surface area contributed by atoms with Gasteiger partial charge in [0.15, 0.2) is 0 Å². The number of hydrogen-bond donors (Lipinski definition) is 0. The highest BCUT2D eigenvalue weighted by atomic mass is 16.6. The van der Waals surface area contributed by atoms with Crippen LogP contribution in [0.5, 0.6) is 0 Å². The molecule has 2 fully saturated rings. The van der Waals surface area contributed by atoms with Crippen molar-refractivity contribution in [3.8, 4) is 0 Å². The van der Waals surface area contributed by atoms with E-state index in [0.29, 0.717) is 24.6 Å². The molecule has 2 aliphatic heterocycles. The van der Waals surface area contributed by atoms with E-state index in [1.165, 1.54) is 24.3 Å². The molecule has 2 saturated heterocycles. The first-order chi connectivity index (χ1) is 12.5. The van der Waals surface area contributed by atoms with Gasteiger partial charge in [-0.2, -0.15) is 0 Å². The highest BCUT2D eigenvalue weighted by molar-refractivity contribution is 5.95. The van der Waals surface area contributed by atoms with Crippen molar-refractivity contribution in [1.29, 1.82) is 0 Å². The molecule has 0 radical (unpaired) electrons.